The van der Waals surface area contributed by atoms with Crippen LogP contribution in [-0.2, 0) is 16.1 Å². The lowest BCUT2D eigenvalue weighted by atomic mass is 9.55. The summed E-state index contributed by atoms with van der Waals surface area (Å²) >= 11 is 0. The number of nitrogens with zero attached hydrogens (tertiary/aromatic N) is 3. The molecule has 4 aliphatic rings. The van der Waals surface area contributed by atoms with Crippen molar-refractivity contribution in [2.75, 3.05) is 26.6 Å². The van der Waals surface area contributed by atoms with Gasteiger partial charge in [-0.05, 0) is 149 Å². The van der Waals surface area contributed by atoms with Crippen molar-refractivity contribution < 1.29 is 53.2 Å². The Hall–Kier alpha value is -6.42. The van der Waals surface area contributed by atoms with Crippen molar-refractivity contribution in [3.8, 4) is 34.5 Å². The summed E-state index contributed by atoms with van der Waals surface area (Å²) in [6.07, 6.45) is 7.58. The zero-order valence-electron chi connectivity index (χ0n) is 40.1. The third-order valence-corrected chi connectivity index (χ3v) is 13.4. The highest BCUT2D eigenvalue weighted by atomic mass is 16.7. The minimum Gasteiger partial charge on any atom is -0.459 e. The lowest BCUT2D eigenvalue weighted by molar-refractivity contribution is -0.384. The van der Waals surface area contributed by atoms with Crippen LogP contribution in [0, 0.1) is 41.7 Å². The highest BCUT2D eigenvalue weighted by molar-refractivity contribution is 6.03. The second-order valence-corrected chi connectivity index (χ2v) is 19.3. The summed E-state index contributed by atoms with van der Waals surface area (Å²) in [7, 11) is 0. The van der Waals surface area contributed by atoms with E-state index in [2.05, 4.69) is 32.6 Å². The fraction of sp³-hybridized carbons (Fsp3) is 0.444. The maximum absolute atomic E-state index is 15.2. The summed E-state index contributed by atoms with van der Waals surface area (Å²) in [5.74, 6) is 0.504. The van der Waals surface area contributed by atoms with Gasteiger partial charge in [-0.3, -0.25) is 15.0 Å². The number of rotatable bonds is 19. The van der Waals surface area contributed by atoms with E-state index >= 15 is 4.79 Å². The lowest BCUT2D eigenvalue weighted by Crippen LogP contribution is -2.70. The Morgan fingerprint density at radius 1 is 0.899 bits per heavy atom. The molecule has 0 saturated heterocycles. The standard InChI is InChI=1S/C54H63N3O12/c1-7-26-65-54-49(56(32-36-15-22-47-48(28-36)64-33-63-47)52(60)67-39-19-16-38(17-20-39)57(61)62)31-45(55-69-53(4,5)6)43-29-37(12-8-10-24-58)42(13-9-11-25-59)50(51(43)54)44-30-41(21-23-46(44)68-54)66-40-18-14-34(2)35(3)27-40/h7,14-23,27-30,37,42,49-51,58-59H,1,8-13,24-26,31-33H2,2-6H3/t37-,42+,49-,50+,51+,54+/m0/s1. The molecule has 4 aromatic carbocycles. The molecule has 6 atom stereocenters. The number of non-ortho nitro benzene ring substituents is 1. The highest BCUT2D eigenvalue weighted by Crippen LogP contribution is 2.62. The van der Waals surface area contributed by atoms with Crippen molar-refractivity contribution in [3.05, 3.63) is 136 Å². The predicted octanol–water partition coefficient (Wildman–Crippen LogP) is 10.9. The second-order valence-electron chi connectivity index (χ2n) is 19.3. The molecule has 0 aromatic heterocycles. The largest absolute Gasteiger partial charge is 0.459 e. The number of carbonyl (C=O) groups is 1. The van der Waals surface area contributed by atoms with Crippen molar-refractivity contribution in [1.82, 2.24) is 4.90 Å². The lowest BCUT2D eigenvalue weighted by Gasteiger charge is -2.60. The van der Waals surface area contributed by atoms with Gasteiger partial charge in [0.05, 0.1) is 23.2 Å². The van der Waals surface area contributed by atoms with Crippen LogP contribution < -0.4 is 23.7 Å². The third-order valence-electron chi connectivity index (χ3n) is 13.4. The highest BCUT2D eigenvalue weighted by Gasteiger charge is 2.66. The maximum atomic E-state index is 15.2. The molecule has 0 unspecified atom stereocenters. The molecule has 2 aliphatic carbocycles. The number of amides is 1. The van der Waals surface area contributed by atoms with E-state index in [4.69, 9.17) is 38.4 Å². The first-order chi connectivity index (χ1) is 33.2. The van der Waals surface area contributed by atoms with Gasteiger partial charge in [-0.1, -0.05) is 42.3 Å². The van der Waals surface area contributed by atoms with Crippen LogP contribution in [0.4, 0.5) is 10.5 Å². The molecule has 0 bridgehead atoms. The number of nitro groups is 1. The number of ether oxygens (including phenoxy) is 6. The van der Waals surface area contributed by atoms with Gasteiger partial charge in [-0.2, -0.15) is 0 Å². The molecule has 2 N–H and O–H groups in total. The van der Waals surface area contributed by atoms with E-state index in [0.717, 1.165) is 47.9 Å². The monoisotopic (exact) mass is 945 g/mol. The van der Waals surface area contributed by atoms with E-state index in [1.165, 1.54) is 24.3 Å². The number of aliphatic hydroxyl groups is 2. The summed E-state index contributed by atoms with van der Waals surface area (Å²) < 4.78 is 38.8. The number of aliphatic hydroxyl groups excluding tert-OH is 2. The number of nitro benzene ring substituents is 1. The zero-order chi connectivity index (χ0) is 48.9. The van der Waals surface area contributed by atoms with E-state index < -0.39 is 34.4 Å². The number of fused-ring (bicyclic) bond motifs is 3. The minimum atomic E-state index is -1.61. The van der Waals surface area contributed by atoms with Gasteiger partial charge in [0.15, 0.2) is 11.5 Å². The molecule has 0 spiro atoms. The first-order valence-electron chi connectivity index (χ1n) is 23.8. The number of hydrogen-bond donors (Lipinski definition) is 2. The van der Waals surface area contributed by atoms with E-state index in [1.54, 1.807) is 17.0 Å². The second kappa shape index (κ2) is 21.1. The van der Waals surface area contributed by atoms with Gasteiger partial charge in [0.1, 0.15) is 34.6 Å². The fourth-order valence-electron chi connectivity index (χ4n) is 10.2. The molecule has 366 valence electrons. The third kappa shape index (κ3) is 10.8. The molecule has 1 fully saturated rings. The Balaban J connectivity index is 1.35. The summed E-state index contributed by atoms with van der Waals surface area (Å²) in [6.45, 7) is 14.1. The normalized spacial score (nSPS) is 22.7. The van der Waals surface area contributed by atoms with Crippen LogP contribution >= 0.6 is 0 Å². The molecular formula is C54H63N3O12. The zero-order valence-corrected chi connectivity index (χ0v) is 40.1. The number of unbranched alkanes of at least 4 members (excludes halogenated alkanes) is 2. The summed E-state index contributed by atoms with van der Waals surface area (Å²) in [6, 6.07) is 21.7. The van der Waals surface area contributed by atoms with Crippen LogP contribution in [0.25, 0.3) is 0 Å². The number of aryl methyl sites for hydroxylation is 2. The Morgan fingerprint density at radius 3 is 2.30 bits per heavy atom. The van der Waals surface area contributed by atoms with Crippen LogP contribution in [0.15, 0.2) is 108 Å². The Kier molecular flexibility index (Phi) is 15.0. The predicted molar refractivity (Wildman–Crippen MR) is 259 cm³/mol. The smallest absolute Gasteiger partial charge is 0.416 e. The maximum Gasteiger partial charge on any atom is 0.416 e. The molecule has 2 heterocycles. The van der Waals surface area contributed by atoms with Crippen LogP contribution in [0.1, 0.15) is 93.9 Å². The van der Waals surface area contributed by atoms with Gasteiger partial charge in [-0.25, -0.2) is 4.79 Å². The van der Waals surface area contributed by atoms with E-state index in [-0.39, 0.29) is 68.8 Å². The van der Waals surface area contributed by atoms with Gasteiger partial charge >= 0.3 is 6.09 Å². The molecule has 4 aromatic rings. The minimum absolute atomic E-state index is 0.00657. The van der Waals surface area contributed by atoms with E-state index in [9.17, 15) is 20.3 Å². The molecule has 1 amide bonds. The molecule has 8 rings (SSSR count). The molecule has 15 heteroatoms. The van der Waals surface area contributed by atoms with Gasteiger partial charge in [0.25, 0.3) is 5.69 Å². The molecular weight excluding hydrogens is 883 g/mol. The van der Waals surface area contributed by atoms with Crippen LogP contribution in [0.5, 0.6) is 34.5 Å². The van der Waals surface area contributed by atoms with Crippen LogP contribution in [0.2, 0.25) is 0 Å². The average Bonchev–Trinajstić information content (AvgIpc) is 3.80. The number of benzene rings is 4. The Bertz CT molecular complexity index is 2570. The van der Waals surface area contributed by atoms with Gasteiger partial charge in [0, 0.05) is 49.8 Å². The quantitative estimate of drug-likeness (QED) is 0.0393. The summed E-state index contributed by atoms with van der Waals surface area (Å²) in [5.41, 5.74) is 4.49. The first kappa shape index (κ1) is 49.0. The molecule has 1 saturated carbocycles. The number of oxime groups is 1. The van der Waals surface area contributed by atoms with Gasteiger partial charge in [-0.15, -0.1) is 6.58 Å². The summed E-state index contributed by atoms with van der Waals surface area (Å²) in [4.78, 5) is 34.2. The number of allylic oxidation sites excluding steroid dienone is 1. The van der Waals surface area contributed by atoms with E-state index in [0.29, 0.717) is 52.9 Å². The van der Waals surface area contributed by atoms with Crippen molar-refractivity contribution in [2.24, 2.45) is 22.9 Å². The number of hydrogen-bond acceptors (Lipinski definition) is 13. The molecule has 2 aliphatic heterocycles. The number of carbonyl (C=O) groups excluding carboxylic acids is 1. The fourth-order valence-corrected chi connectivity index (χ4v) is 10.2. The van der Waals surface area contributed by atoms with Crippen molar-refractivity contribution >= 4 is 17.5 Å². The van der Waals surface area contributed by atoms with Crippen molar-refractivity contribution in [2.45, 2.75) is 109 Å². The van der Waals surface area contributed by atoms with Gasteiger partial charge in [0.2, 0.25) is 12.6 Å². The summed E-state index contributed by atoms with van der Waals surface area (Å²) in [5, 5.41) is 36.6. The average molecular weight is 946 g/mol. The Labute approximate surface area is 403 Å². The topological polar surface area (TPSA) is 181 Å². The van der Waals surface area contributed by atoms with Gasteiger partial charge < -0.3 is 43.5 Å². The van der Waals surface area contributed by atoms with Crippen molar-refractivity contribution in [3.63, 3.8) is 0 Å². The van der Waals surface area contributed by atoms with E-state index in [1.807, 2.05) is 63.2 Å². The first-order valence-corrected chi connectivity index (χ1v) is 23.8. The van der Waals surface area contributed by atoms with Crippen molar-refractivity contribution in [1.29, 1.82) is 0 Å². The van der Waals surface area contributed by atoms with Crippen LogP contribution in [-0.4, -0.2) is 75.9 Å². The molecule has 15 nitrogen and oxygen atoms in total. The molecule has 0 radical (unpaired) electrons. The Morgan fingerprint density at radius 2 is 1.59 bits per heavy atom. The molecule has 69 heavy (non-hydrogen) atoms. The SMILES string of the molecule is C=CCO[C@@]12Oc3ccc(Oc4ccc(C)c(C)c4)cc3[C@H]3[C@H](CCCCO)[C@@H](CCCCO)C=C(C(=NOC(C)(C)C)C[C@@H]1N(Cc1ccc4c(c1)OCO4)C(=O)Oc1ccc([N+](=O)[O-])cc1)[C@H]32. The van der Waals surface area contributed by atoms with Crippen LogP contribution in [0.3, 0.4) is 0 Å².